The minimum absolute atomic E-state index is 0.0122. The molecule has 3 aromatic rings. The lowest BCUT2D eigenvalue weighted by molar-refractivity contribution is -0.0443. The molecule has 0 aliphatic heterocycles. The molecule has 1 aliphatic carbocycles. The summed E-state index contributed by atoms with van der Waals surface area (Å²) in [6.45, 7) is 11.5. The van der Waals surface area contributed by atoms with Gasteiger partial charge in [-0.15, -0.1) is 0 Å². The third-order valence-electron chi connectivity index (χ3n) is 8.59. The summed E-state index contributed by atoms with van der Waals surface area (Å²) in [5.41, 5.74) is 6.07. The Hall–Kier alpha value is -2.97. The molecule has 41 heavy (non-hydrogen) atoms. The molecule has 1 heterocycles. The lowest BCUT2D eigenvalue weighted by Crippen LogP contribution is -2.50. The number of imidazole rings is 1. The molecule has 0 bridgehead atoms. The number of carbonyl (C=O) groups excluding carboxylic acids is 1. The Morgan fingerprint density at radius 3 is 2.61 bits per heavy atom. The highest BCUT2D eigenvalue weighted by Gasteiger charge is 2.47. The number of hydrogen-bond acceptors (Lipinski definition) is 5. The van der Waals surface area contributed by atoms with Gasteiger partial charge in [-0.25, -0.2) is 14.2 Å². The van der Waals surface area contributed by atoms with Crippen molar-refractivity contribution in [2.45, 2.75) is 71.3 Å². The summed E-state index contributed by atoms with van der Waals surface area (Å²) < 4.78 is 20.5. The molecule has 2 N–H and O–H groups in total. The second kappa shape index (κ2) is 13.3. The Labute approximate surface area is 244 Å². The van der Waals surface area contributed by atoms with E-state index in [-0.39, 0.29) is 23.7 Å². The van der Waals surface area contributed by atoms with E-state index in [0.717, 1.165) is 60.5 Å². The molecule has 2 aromatic carbocycles. The number of alkyl carbamates (subject to hydrolysis) is 1. The van der Waals surface area contributed by atoms with Crippen molar-refractivity contribution in [3.05, 3.63) is 64.2 Å². The van der Waals surface area contributed by atoms with Crippen LogP contribution in [0.1, 0.15) is 67.1 Å². The zero-order valence-corrected chi connectivity index (χ0v) is 25.9. The summed E-state index contributed by atoms with van der Waals surface area (Å²) in [6.07, 6.45) is 3.56. The number of aromatic nitrogens is 2. The number of rotatable bonds is 12. The first-order valence-corrected chi connectivity index (χ1v) is 15.0. The van der Waals surface area contributed by atoms with Crippen LogP contribution in [0.4, 0.5) is 9.18 Å². The molecular weight excluding hydrogens is 517 g/mol. The topological polar surface area (TPSA) is 73.5 Å². The fourth-order valence-electron chi connectivity index (χ4n) is 6.43. The van der Waals surface area contributed by atoms with Crippen LogP contribution < -0.4 is 5.32 Å². The first kappa shape index (κ1) is 31.0. The zero-order valence-electron chi connectivity index (χ0n) is 25.9. The molecule has 0 saturated carbocycles. The molecule has 1 aromatic heterocycles. The molecule has 1 amide bonds. The van der Waals surface area contributed by atoms with E-state index >= 15 is 0 Å². The molecule has 224 valence electrons. The monoisotopic (exact) mass is 565 g/mol. The van der Waals surface area contributed by atoms with Crippen LogP contribution in [0.25, 0.3) is 11.0 Å². The van der Waals surface area contributed by atoms with E-state index in [0.29, 0.717) is 25.8 Å². The molecule has 4 rings (SSSR count). The van der Waals surface area contributed by atoms with Gasteiger partial charge in [0, 0.05) is 38.4 Å². The van der Waals surface area contributed by atoms with Crippen LogP contribution in [-0.4, -0.2) is 78.8 Å². The van der Waals surface area contributed by atoms with Gasteiger partial charge >= 0.3 is 6.09 Å². The van der Waals surface area contributed by atoms with Crippen LogP contribution in [0.2, 0.25) is 0 Å². The van der Waals surface area contributed by atoms with Gasteiger partial charge in [0.05, 0.1) is 11.0 Å². The SMILES string of the molecule is Cc1ccc(C)c2[nH]c(CCCN(C)CCC3(OC(=O)NCCN(C)C)CCc4cc(F)ccc4C3C(C)C)nc12. The Kier molecular flexibility index (Phi) is 10.1. The van der Waals surface area contributed by atoms with Gasteiger partial charge in [0.15, 0.2) is 0 Å². The maximum atomic E-state index is 14.1. The maximum Gasteiger partial charge on any atom is 0.407 e. The molecular formula is C33H48FN5O2. The highest BCUT2D eigenvalue weighted by atomic mass is 19.1. The number of aromatic amines is 1. The molecule has 0 radical (unpaired) electrons. The molecule has 1 aliphatic rings. The minimum Gasteiger partial charge on any atom is -0.442 e. The Bertz CT molecular complexity index is 1300. The van der Waals surface area contributed by atoms with E-state index in [1.807, 2.05) is 25.1 Å². The third-order valence-corrected chi connectivity index (χ3v) is 8.59. The minimum atomic E-state index is -0.663. The lowest BCUT2D eigenvalue weighted by Gasteiger charge is -2.47. The van der Waals surface area contributed by atoms with Crippen LogP contribution in [-0.2, 0) is 17.6 Å². The highest BCUT2D eigenvalue weighted by molar-refractivity contribution is 5.81. The predicted octanol–water partition coefficient (Wildman–Crippen LogP) is 5.99. The number of H-pyrrole nitrogens is 1. The van der Waals surface area contributed by atoms with Gasteiger partial charge in [-0.1, -0.05) is 32.0 Å². The van der Waals surface area contributed by atoms with Crippen LogP contribution in [0.5, 0.6) is 0 Å². The van der Waals surface area contributed by atoms with E-state index in [4.69, 9.17) is 9.72 Å². The molecule has 0 spiro atoms. The number of benzene rings is 2. The molecule has 0 saturated heterocycles. The number of likely N-dealkylation sites (N-methyl/N-ethyl adjacent to an activating group) is 1. The van der Waals surface area contributed by atoms with Gasteiger partial charge in [-0.2, -0.15) is 0 Å². The van der Waals surface area contributed by atoms with Gasteiger partial charge in [0.2, 0.25) is 0 Å². The van der Waals surface area contributed by atoms with Gasteiger partial charge in [-0.05, 0) is 101 Å². The predicted molar refractivity (Wildman–Crippen MR) is 164 cm³/mol. The number of hydrogen-bond donors (Lipinski definition) is 2. The van der Waals surface area contributed by atoms with Crippen molar-refractivity contribution in [1.82, 2.24) is 25.1 Å². The van der Waals surface area contributed by atoms with Gasteiger partial charge < -0.3 is 24.8 Å². The first-order chi connectivity index (χ1) is 19.5. The number of nitrogens with zero attached hydrogens (tertiary/aromatic N) is 3. The van der Waals surface area contributed by atoms with Gasteiger partial charge in [0.1, 0.15) is 17.2 Å². The van der Waals surface area contributed by atoms with E-state index < -0.39 is 5.60 Å². The summed E-state index contributed by atoms with van der Waals surface area (Å²) >= 11 is 0. The highest BCUT2D eigenvalue weighted by Crippen LogP contribution is 2.48. The first-order valence-electron chi connectivity index (χ1n) is 15.0. The number of carbonyl (C=O) groups is 1. The summed E-state index contributed by atoms with van der Waals surface area (Å²) in [4.78, 5) is 25.8. The number of ether oxygens (including phenoxy) is 1. The van der Waals surface area contributed by atoms with E-state index in [2.05, 4.69) is 62.1 Å². The Morgan fingerprint density at radius 1 is 1.15 bits per heavy atom. The van der Waals surface area contributed by atoms with Crippen molar-refractivity contribution in [3.8, 4) is 0 Å². The molecule has 0 fully saturated rings. The number of halogens is 1. The quantitative estimate of drug-likeness (QED) is 0.282. The van der Waals surface area contributed by atoms with Crippen molar-refractivity contribution in [2.24, 2.45) is 5.92 Å². The van der Waals surface area contributed by atoms with Gasteiger partial charge in [-0.3, -0.25) is 0 Å². The molecule has 8 heteroatoms. The van der Waals surface area contributed by atoms with Gasteiger partial charge in [0.25, 0.3) is 0 Å². The standard InChI is InChI=1S/C33H48FN5O2/c1-22(2)29-27-13-12-26(34)21-25(27)14-15-33(29,41-32(40)35-17-20-38(5)6)16-19-39(7)18-8-9-28-36-30-23(3)10-11-24(4)31(30)37-28/h10-13,21-22,29H,8-9,14-20H2,1-7H3,(H,35,40)(H,36,37). The van der Waals surface area contributed by atoms with E-state index in [1.165, 1.54) is 17.2 Å². The average molecular weight is 566 g/mol. The zero-order chi connectivity index (χ0) is 29.7. The van der Waals surface area contributed by atoms with Crippen molar-refractivity contribution < 1.29 is 13.9 Å². The van der Waals surface area contributed by atoms with E-state index in [1.54, 1.807) is 6.07 Å². The lowest BCUT2D eigenvalue weighted by atomic mass is 9.65. The van der Waals surface area contributed by atoms with Crippen LogP contribution in [0.3, 0.4) is 0 Å². The number of amides is 1. The normalized spacial score (nSPS) is 18.9. The van der Waals surface area contributed by atoms with Crippen molar-refractivity contribution in [2.75, 3.05) is 47.3 Å². The van der Waals surface area contributed by atoms with Crippen molar-refractivity contribution in [1.29, 1.82) is 0 Å². The second-order valence-electron chi connectivity index (χ2n) is 12.5. The fraction of sp³-hybridized carbons (Fsp3) is 0.576. The maximum absolute atomic E-state index is 14.1. The van der Waals surface area contributed by atoms with Crippen LogP contribution in [0, 0.1) is 25.6 Å². The number of nitrogens with one attached hydrogen (secondary N) is 2. The molecule has 7 nitrogen and oxygen atoms in total. The van der Waals surface area contributed by atoms with Crippen LogP contribution in [0.15, 0.2) is 30.3 Å². The Morgan fingerprint density at radius 2 is 1.90 bits per heavy atom. The Balaban J connectivity index is 1.45. The average Bonchev–Trinajstić information content (AvgIpc) is 3.35. The fourth-order valence-corrected chi connectivity index (χ4v) is 6.43. The second-order valence-corrected chi connectivity index (χ2v) is 12.5. The summed E-state index contributed by atoms with van der Waals surface area (Å²) in [5.74, 6) is 1.02. The molecule has 2 unspecified atom stereocenters. The van der Waals surface area contributed by atoms with E-state index in [9.17, 15) is 9.18 Å². The summed E-state index contributed by atoms with van der Waals surface area (Å²) in [7, 11) is 6.09. The number of aryl methyl sites for hydroxylation is 4. The summed E-state index contributed by atoms with van der Waals surface area (Å²) in [6, 6.07) is 9.35. The van der Waals surface area contributed by atoms with Crippen molar-refractivity contribution in [3.63, 3.8) is 0 Å². The third kappa shape index (κ3) is 7.46. The summed E-state index contributed by atoms with van der Waals surface area (Å²) in [5, 5.41) is 2.95. The number of fused-ring (bicyclic) bond motifs is 2. The van der Waals surface area contributed by atoms with Crippen LogP contribution >= 0.6 is 0 Å². The molecule has 2 atom stereocenters. The van der Waals surface area contributed by atoms with Crippen molar-refractivity contribution >= 4 is 17.1 Å². The smallest absolute Gasteiger partial charge is 0.407 e. The largest absolute Gasteiger partial charge is 0.442 e.